The molecule has 0 aliphatic carbocycles. The predicted octanol–water partition coefficient (Wildman–Crippen LogP) is 1.29. The lowest BCUT2D eigenvalue weighted by atomic mass is 10.0. The Bertz CT molecular complexity index is 194. The second-order valence-electron chi connectivity index (χ2n) is 4.18. The Labute approximate surface area is 84.2 Å². The quantitative estimate of drug-likeness (QED) is 0.746. The van der Waals surface area contributed by atoms with Gasteiger partial charge in [0, 0.05) is 13.2 Å². The van der Waals surface area contributed by atoms with Crippen LogP contribution in [0.15, 0.2) is 0 Å². The summed E-state index contributed by atoms with van der Waals surface area (Å²) in [6, 6.07) is 0. The highest BCUT2D eigenvalue weighted by atomic mass is 16.5. The topological polar surface area (TPSA) is 55.8 Å². The highest BCUT2D eigenvalue weighted by Crippen LogP contribution is 2.18. The Morgan fingerprint density at radius 3 is 2.57 bits per heavy atom. The van der Waals surface area contributed by atoms with Crippen molar-refractivity contribution >= 4 is 5.97 Å². The Morgan fingerprint density at radius 1 is 1.50 bits per heavy atom. The normalized spacial score (nSPS) is 19.6. The Morgan fingerprint density at radius 2 is 2.07 bits per heavy atom. The van der Waals surface area contributed by atoms with Gasteiger partial charge in [0.25, 0.3) is 0 Å². The molecule has 0 radical (unpaired) electrons. The number of carboxylic acid groups (broad SMARTS) is 1. The molecule has 4 nitrogen and oxygen atoms in total. The van der Waals surface area contributed by atoms with Crippen molar-refractivity contribution in [1.29, 1.82) is 0 Å². The van der Waals surface area contributed by atoms with Crippen LogP contribution in [0, 0.1) is 5.92 Å². The summed E-state index contributed by atoms with van der Waals surface area (Å²) < 4.78 is 10.6. The Hall–Kier alpha value is -0.610. The summed E-state index contributed by atoms with van der Waals surface area (Å²) in [5.74, 6) is -0.466. The van der Waals surface area contributed by atoms with E-state index in [2.05, 4.69) is 0 Å². The molecule has 1 N–H and O–H groups in total. The molecule has 1 heterocycles. The maximum atomic E-state index is 10.7. The van der Waals surface area contributed by atoms with Gasteiger partial charge >= 0.3 is 5.97 Å². The molecule has 0 aromatic carbocycles. The fraction of sp³-hybridized carbons (Fsp3) is 0.900. The van der Waals surface area contributed by atoms with E-state index in [4.69, 9.17) is 14.6 Å². The van der Waals surface area contributed by atoms with Gasteiger partial charge in [-0.3, -0.25) is 0 Å². The van der Waals surface area contributed by atoms with Crippen molar-refractivity contribution in [3.05, 3.63) is 0 Å². The maximum absolute atomic E-state index is 10.7. The van der Waals surface area contributed by atoms with Crippen molar-refractivity contribution in [1.82, 2.24) is 0 Å². The van der Waals surface area contributed by atoms with E-state index in [9.17, 15) is 4.79 Å². The predicted molar refractivity (Wildman–Crippen MR) is 51.2 cm³/mol. The zero-order valence-electron chi connectivity index (χ0n) is 8.78. The van der Waals surface area contributed by atoms with Crippen LogP contribution in [-0.2, 0) is 14.3 Å². The van der Waals surface area contributed by atoms with Crippen molar-refractivity contribution in [3.63, 3.8) is 0 Å². The molecule has 1 rings (SSSR count). The minimum absolute atomic E-state index is 0.447. The SMILES string of the molecule is CC(C)(OCC1CCOCC1)C(=O)O. The van der Waals surface area contributed by atoms with Crippen molar-refractivity contribution < 1.29 is 19.4 Å². The van der Waals surface area contributed by atoms with Crippen LogP contribution in [0.2, 0.25) is 0 Å². The van der Waals surface area contributed by atoms with Crippen LogP contribution in [0.4, 0.5) is 0 Å². The molecule has 0 bridgehead atoms. The molecule has 0 amide bonds. The minimum atomic E-state index is -1.07. The number of hydrogen-bond donors (Lipinski definition) is 1. The van der Waals surface area contributed by atoms with Crippen molar-refractivity contribution in [2.24, 2.45) is 5.92 Å². The standard InChI is InChI=1S/C10H18O4/c1-10(2,9(11)12)14-7-8-3-5-13-6-4-8/h8H,3-7H2,1-2H3,(H,11,12). The number of aliphatic carboxylic acids is 1. The van der Waals surface area contributed by atoms with Crippen LogP contribution >= 0.6 is 0 Å². The molecule has 0 spiro atoms. The Kier molecular flexibility index (Phi) is 3.89. The third-order valence-electron chi connectivity index (χ3n) is 2.54. The number of carbonyl (C=O) groups is 1. The van der Waals surface area contributed by atoms with E-state index < -0.39 is 11.6 Å². The van der Waals surface area contributed by atoms with Crippen LogP contribution < -0.4 is 0 Å². The molecule has 14 heavy (non-hydrogen) atoms. The van der Waals surface area contributed by atoms with Gasteiger partial charge in [0.15, 0.2) is 5.60 Å². The number of carboxylic acids is 1. The molecular formula is C10H18O4. The first-order valence-corrected chi connectivity index (χ1v) is 4.97. The molecule has 1 fully saturated rings. The zero-order valence-corrected chi connectivity index (χ0v) is 8.78. The zero-order chi connectivity index (χ0) is 10.6. The molecule has 0 atom stereocenters. The van der Waals surface area contributed by atoms with Crippen LogP contribution in [-0.4, -0.2) is 36.5 Å². The fourth-order valence-electron chi connectivity index (χ4n) is 1.30. The van der Waals surface area contributed by atoms with Crippen LogP contribution in [0.3, 0.4) is 0 Å². The van der Waals surface area contributed by atoms with Gasteiger partial charge in [0.2, 0.25) is 0 Å². The summed E-state index contributed by atoms with van der Waals surface area (Å²) in [6.07, 6.45) is 1.94. The summed E-state index contributed by atoms with van der Waals surface area (Å²) in [7, 11) is 0. The Balaban J connectivity index is 2.28. The molecule has 0 saturated carbocycles. The van der Waals surface area contributed by atoms with Crippen LogP contribution in [0.5, 0.6) is 0 Å². The highest BCUT2D eigenvalue weighted by molar-refractivity contribution is 5.76. The van der Waals surface area contributed by atoms with Gasteiger partial charge in [0.1, 0.15) is 0 Å². The number of hydrogen-bond acceptors (Lipinski definition) is 3. The molecule has 4 heteroatoms. The molecule has 0 unspecified atom stereocenters. The minimum Gasteiger partial charge on any atom is -0.479 e. The average Bonchev–Trinajstić information content (AvgIpc) is 2.16. The van der Waals surface area contributed by atoms with Gasteiger partial charge in [-0.15, -0.1) is 0 Å². The largest absolute Gasteiger partial charge is 0.479 e. The van der Waals surface area contributed by atoms with Crippen molar-refractivity contribution in [3.8, 4) is 0 Å². The number of ether oxygens (including phenoxy) is 2. The summed E-state index contributed by atoms with van der Waals surface area (Å²) in [4.78, 5) is 10.7. The lowest BCUT2D eigenvalue weighted by Crippen LogP contribution is -2.37. The van der Waals surface area contributed by atoms with Gasteiger partial charge < -0.3 is 14.6 Å². The lowest BCUT2D eigenvalue weighted by Gasteiger charge is -2.26. The monoisotopic (exact) mass is 202 g/mol. The third kappa shape index (κ3) is 3.27. The van der Waals surface area contributed by atoms with Crippen molar-refractivity contribution in [2.45, 2.75) is 32.3 Å². The van der Waals surface area contributed by atoms with Gasteiger partial charge in [-0.25, -0.2) is 4.79 Å². The van der Waals surface area contributed by atoms with E-state index in [-0.39, 0.29) is 0 Å². The first-order valence-electron chi connectivity index (χ1n) is 4.97. The van der Waals surface area contributed by atoms with Crippen molar-refractivity contribution in [2.75, 3.05) is 19.8 Å². The molecule has 82 valence electrons. The second kappa shape index (κ2) is 4.75. The van der Waals surface area contributed by atoms with Crippen LogP contribution in [0.1, 0.15) is 26.7 Å². The molecule has 0 aromatic rings. The summed E-state index contributed by atoms with van der Waals surface area (Å²) >= 11 is 0. The number of rotatable bonds is 4. The maximum Gasteiger partial charge on any atom is 0.335 e. The van der Waals surface area contributed by atoms with E-state index in [0.29, 0.717) is 12.5 Å². The molecule has 1 saturated heterocycles. The van der Waals surface area contributed by atoms with E-state index in [1.54, 1.807) is 13.8 Å². The van der Waals surface area contributed by atoms with E-state index in [1.807, 2.05) is 0 Å². The van der Waals surface area contributed by atoms with E-state index >= 15 is 0 Å². The molecular weight excluding hydrogens is 184 g/mol. The third-order valence-corrected chi connectivity index (χ3v) is 2.54. The van der Waals surface area contributed by atoms with Gasteiger partial charge in [0.05, 0.1) is 6.61 Å². The van der Waals surface area contributed by atoms with E-state index in [1.165, 1.54) is 0 Å². The summed E-state index contributed by atoms with van der Waals surface area (Å²) in [5, 5.41) is 8.82. The molecule has 1 aliphatic heterocycles. The fourth-order valence-corrected chi connectivity index (χ4v) is 1.30. The van der Waals surface area contributed by atoms with Gasteiger partial charge in [-0.1, -0.05) is 0 Å². The van der Waals surface area contributed by atoms with Gasteiger partial charge in [-0.05, 0) is 32.6 Å². The lowest BCUT2D eigenvalue weighted by molar-refractivity contribution is -0.163. The smallest absolute Gasteiger partial charge is 0.335 e. The van der Waals surface area contributed by atoms with Crippen LogP contribution in [0.25, 0.3) is 0 Å². The highest BCUT2D eigenvalue weighted by Gasteiger charge is 2.29. The second-order valence-corrected chi connectivity index (χ2v) is 4.18. The van der Waals surface area contributed by atoms with Gasteiger partial charge in [-0.2, -0.15) is 0 Å². The molecule has 1 aliphatic rings. The summed E-state index contributed by atoms with van der Waals surface area (Å²) in [6.45, 7) is 5.20. The van der Waals surface area contributed by atoms with E-state index in [0.717, 1.165) is 26.1 Å². The molecule has 0 aromatic heterocycles. The average molecular weight is 202 g/mol. The summed E-state index contributed by atoms with van der Waals surface area (Å²) in [5.41, 5.74) is -1.07. The first-order chi connectivity index (χ1) is 6.52. The first kappa shape index (κ1) is 11.5.